The predicted octanol–water partition coefficient (Wildman–Crippen LogP) is 1.20. The molecule has 3 atom stereocenters. The molecule has 0 amide bonds. The second-order valence-corrected chi connectivity index (χ2v) is 4.74. The largest absolute Gasteiger partial charge is 0.480 e. The number of carboxylic acid groups (broad SMARTS) is 1. The van der Waals surface area contributed by atoms with Gasteiger partial charge in [0.2, 0.25) is 0 Å². The summed E-state index contributed by atoms with van der Waals surface area (Å²) in [7, 11) is 0. The summed E-state index contributed by atoms with van der Waals surface area (Å²) in [6.07, 6.45) is 0.240. The Morgan fingerprint density at radius 1 is 1.33 bits per heavy atom. The summed E-state index contributed by atoms with van der Waals surface area (Å²) in [6, 6.07) is -0.390. The van der Waals surface area contributed by atoms with E-state index >= 15 is 0 Å². The Balaban J connectivity index is 2.70. The Morgan fingerprint density at radius 3 is 2.13 bits per heavy atom. The fourth-order valence-electron chi connectivity index (χ4n) is 2.31. The van der Waals surface area contributed by atoms with Crippen LogP contribution < -0.4 is 0 Å². The summed E-state index contributed by atoms with van der Waals surface area (Å²) >= 11 is 0. The van der Waals surface area contributed by atoms with Crippen molar-refractivity contribution in [1.82, 2.24) is 4.90 Å². The molecule has 0 spiro atoms. The number of carbonyl (C=O) groups is 1. The van der Waals surface area contributed by atoms with Gasteiger partial charge in [0.15, 0.2) is 0 Å². The normalized spacial score (nSPS) is 30.5. The maximum atomic E-state index is 11.2. The fraction of sp³-hybridized carbons (Fsp3) is 0.909. The van der Waals surface area contributed by atoms with E-state index < -0.39 is 12.0 Å². The Labute approximate surface area is 91.2 Å². The minimum Gasteiger partial charge on any atom is -0.480 e. The Hall–Kier alpha value is -0.610. The minimum atomic E-state index is -0.730. The molecule has 0 saturated carbocycles. The number of hydrogen-bond donors (Lipinski definition) is 1. The molecule has 1 fully saturated rings. The fourth-order valence-corrected chi connectivity index (χ4v) is 2.31. The summed E-state index contributed by atoms with van der Waals surface area (Å²) in [5, 5.41) is 9.19. The molecule has 88 valence electrons. The van der Waals surface area contributed by atoms with Gasteiger partial charge >= 0.3 is 5.97 Å². The van der Waals surface area contributed by atoms with Gasteiger partial charge < -0.3 is 9.84 Å². The second-order valence-electron chi connectivity index (χ2n) is 4.74. The lowest BCUT2D eigenvalue weighted by molar-refractivity contribution is -0.151. The topological polar surface area (TPSA) is 49.8 Å². The van der Waals surface area contributed by atoms with Gasteiger partial charge in [-0.05, 0) is 19.8 Å². The minimum absolute atomic E-state index is 0.120. The molecule has 1 rings (SSSR count). The van der Waals surface area contributed by atoms with Gasteiger partial charge in [0.1, 0.15) is 6.04 Å². The van der Waals surface area contributed by atoms with Crippen molar-refractivity contribution in [3.63, 3.8) is 0 Å². The second kappa shape index (κ2) is 4.94. The molecule has 1 unspecified atom stereocenters. The van der Waals surface area contributed by atoms with E-state index in [1.165, 1.54) is 0 Å². The van der Waals surface area contributed by atoms with Crippen LogP contribution in [0.4, 0.5) is 0 Å². The first-order chi connectivity index (χ1) is 6.91. The first-order valence-corrected chi connectivity index (χ1v) is 5.54. The molecule has 0 radical (unpaired) electrons. The third-order valence-electron chi connectivity index (χ3n) is 2.73. The van der Waals surface area contributed by atoms with Gasteiger partial charge in [0.25, 0.3) is 0 Å². The van der Waals surface area contributed by atoms with E-state index in [-0.39, 0.29) is 18.1 Å². The van der Waals surface area contributed by atoms with Crippen molar-refractivity contribution in [2.45, 2.75) is 45.9 Å². The van der Waals surface area contributed by atoms with Crippen LogP contribution in [0.3, 0.4) is 0 Å². The van der Waals surface area contributed by atoms with Gasteiger partial charge in [-0.3, -0.25) is 9.69 Å². The van der Waals surface area contributed by atoms with E-state index in [1.807, 2.05) is 32.6 Å². The maximum Gasteiger partial charge on any atom is 0.321 e. The van der Waals surface area contributed by atoms with E-state index in [0.717, 1.165) is 0 Å². The standard InChI is InChI=1S/C11H21NO3/c1-7(2)10(11(13)14)12-5-8(3)15-9(4)6-12/h7-10H,5-6H2,1-4H3,(H,13,14)/t8-,9+,10?. The van der Waals surface area contributed by atoms with Gasteiger partial charge in [-0.15, -0.1) is 0 Å². The number of aliphatic carboxylic acids is 1. The van der Waals surface area contributed by atoms with Crippen molar-refractivity contribution in [3.05, 3.63) is 0 Å². The number of morpholine rings is 1. The Morgan fingerprint density at radius 2 is 1.80 bits per heavy atom. The quantitative estimate of drug-likeness (QED) is 0.768. The predicted molar refractivity (Wildman–Crippen MR) is 57.8 cm³/mol. The van der Waals surface area contributed by atoms with E-state index in [4.69, 9.17) is 4.74 Å². The van der Waals surface area contributed by atoms with Crippen molar-refractivity contribution < 1.29 is 14.6 Å². The SMILES string of the molecule is CC(C)C(C(=O)O)N1C[C@@H](C)O[C@@H](C)C1. The van der Waals surface area contributed by atoms with Crippen LogP contribution in [0.25, 0.3) is 0 Å². The molecule has 1 saturated heterocycles. The van der Waals surface area contributed by atoms with Crippen LogP contribution in [0.1, 0.15) is 27.7 Å². The first-order valence-electron chi connectivity index (χ1n) is 5.54. The molecular formula is C11H21NO3. The molecule has 1 aliphatic heterocycles. The molecule has 0 aromatic carbocycles. The molecule has 0 bridgehead atoms. The lowest BCUT2D eigenvalue weighted by Crippen LogP contribution is -2.54. The highest BCUT2D eigenvalue weighted by molar-refractivity contribution is 5.73. The summed E-state index contributed by atoms with van der Waals surface area (Å²) in [5.41, 5.74) is 0. The van der Waals surface area contributed by atoms with Crippen LogP contribution in [0.2, 0.25) is 0 Å². The van der Waals surface area contributed by atoms with Crippen molar-refractivity contribution in [2.75, 3.05) is 13.1 Å². The highest BCUT2D eigenvalue weighted by Gasteiger charge is 2.33. The van der Waals surface area contributed by atoms with Gasteiger partial charge in [0, 0.05) is 13.1 Å². The average Bonchev–Trinajstić information content (AvgIpc) is 1.99. The molecule has 1 aliphatic rings. The number of carboxylic acids is 1. The summed E-state index contributed by atoms with van der Waals surface area (Å²) < 4.78 is 5.59. The Bertz CT molecular complexity index is 220. The van der Waals surface area contributed by atoms with Crippen LogP contribution in [0, 0.1) is 5.92 Å². The molecule has 15 heavy (non-hydrogen) atoms. The molecule has 1 N–H and O–H groups in total. The lowest BCUT2D eigenvalue weighted by atomic mass is 10.0. The average molecular weight is 215 g/mol. The number of hydrogen-bond acceptors (Lipinski definition) is 3. The van der Waals surface area contributed by atoms with E-state index in [2.05, 4.69) is 0 Å². The van der Waals surface area contributed by atoms with Crippen LogP contribution in [0.5, 0.6) is 0 Å². The number of nitrogens with zero attached hydrogens (tertiary/aromatic N) is 1. The number of ether oxygens (including phenoxy) is 1. The van der Waals surface area contributed by atoms with E-state index in [0.29, 0.717) is 13.1 Å². The van der Waals surface area contributed by atoms with Crippen molar-refractivity contribution in [3.8, 4) is 0 Å². The van der Waals surface area contributed by atoms with Crippen LogP contribution in [-0.2, 0) is 9.53 Å². The van der Waals surface area contributed by atoms with Crippen molar-refractivity contribution in [1.29, 1.82) is 0 Å². The van der Waals surface area contributed by atoms with Crippen LogP contribution in [-0.4, -0.2) is 47.3 Å². The van der Waals surface area contributed by atoms with Crippen molar-refractivity contribution >= 4 is 5.97 Å². The third kappa shape index (κ3) is 3.18. The maximum absolute atomic E-state index is 11.2. The molecular weight excluding hydrogens is 194 g/mol. The molecule has 1 heterocycles. The molecule has 4 nitrogen and oxygen atoms in total. The summed E-state index contributed by atoms with van der Waals surface area (Å²) in [5.74, 6) is -0.605. The summed E-state index contributed by atoms with van der Waals surface area (Å²) in [6.45, 7) is 9.29. The van der Waals surface area contributed by atoms with Gasteiger partial charge in [-0.25, -0.2) is 0 Å². The molecule has 0 aromatic rings. The van der Waals surface area contributed by atoms with Gasteiger partial charge in [-0.2, -0.15) is 0 Å². The van der Waals surface area contributed by atoms with Crippen LogP contribution in [0.15, 0.2) is 0 Å². The lowest BCUT2D eigenvalue weighted by Gasteiger charge is -2.39. The highest BCUT2D eigenvalue weighted by Crippen LogP contribution is 2.18. The number of rotatable bonds is 3. The van der Waals surface area contributed by atoms with Crippen molar-refractivity contribution in [2.24, 2.45) is 5.92 Å². The Kier molecular flexibility index (Phi) is 4.11. The highest BCUT2D eigenvalue weighted by atomic mass is 16.5. The van der Waals surface area contributed by atoms with E-state index in [1.54, 1.807) is 0 Å². The zero-order valence-corrected chi connectivity index (χ0v) is 9.93. The third-order valence-corrected chi connectivity index (χ3v) is 2.73. The zero-order valence-electron chi connectivity index (χ0n) is 9.93. The smallest absolute Gasteiger partial charge is 0.321 e. The van der Waals surface area contributed by atoms with Crippen LogP contribution >= 0.6 is 0 Å². The molecule has 0 aromatic heterocycles. The zero-order chi connectivity index (χ0) is 11.6. The van der Waals surface area contributed by atoms with E-state index in [9.17, 15) is 9.90 Å². The van der Waals surface area contributed by atoms with Gasteiger partial charge in [0.05, 0.1) is 12.2 Å². The molecule has 4 heteroatoms. The van der Waals surface area contributed by atoms with Gasteiger partial charge in [-0.1, -0.05) is 13.8 Å². The summed E-state index contributed by atoms with van der Waals surface area (Å²) in [4.78, 5) is 13.2. The first kappa shape index (κ1) is 12.5. The monoisotopic (exact) mass is 215 g/mol. The molecule has 0 aliphatic carbocycles.